The highest BCUT2D eigenvalue weighted by Gasteiger charge is 2.40. The maximum absolute atomic E-state index is 12.0. The zero-order valence-corrected chi connectivity index (χ0v) is 10.8. The summed E-state index contributed by atoms with van der Waals surface area (Å²) in [5.41, 5.74) is 1.67. The molecule has 2 rings (SSSR count). The second-order valence-electron chi connectivity index (χ2n) is 4.71. The molecule has 0 aromatic rings. The molecular formula is C14H18O4. The SMILES string of the molecule is COC(=O)C1=CC=C2CCCC[C@@H]2[C@@H]1C(=O)OC. The Bertz CT molecular complexity index is 420. The number of ether oxygens (including phenoxy) is 2. The summed E-state index contributed by atoms with van der Waals surface area (Å²) in [6.07, 6.45) is 7.85. The molecule has 0 radical (unpaired) electrons. The Labute approximate surface area is 107 Å². The molecule has 0 aromatic heterocycles. The molecule has 0 aliphatic heterocycles. The maximum atomic E-state index is 12.0. The van der Waals surface area contributed by atoms with Crippen molar-refractivity contribution in [1.82, 2.24) is 0 Å². The molecule has 1 saturated carbocycles. The van der Waals surface area contributed by atoms with Gasteiger partial charge in [0.2, 0.25) is 0 Å². The number of esters is 2. The molecule has 4 nitrogen and oxygen atoms in total. The lowest BCUT2D eigenvalue weighted by Crippen LogP contribution is -2.34. The Morgan fingerprint density at radius 3 is 2.61 bits per heavy atom. The molecule has 0 heterocycles. The van der Waals surface area contributed by atoms with Crippen LogP contribution in [-0.2, 0) is 19.1 Å². The molecular weight excluding hydrogens is 232 g/mol. The number of fused-ring (bicyclic) bond motifs is 1. The van der Waals surface area contributed by atoms with Crippen LogP contribution in [0.15, 0.2) is 23.3 Å². The fourth-order valence-corrected chi connectivity index (χ4v) is 2.90. The minimum Gasteiger partial charge on any atom is -0.469 e. The average Bonchev–Trinajstić information content (AvgIpc) is 2.44. The van der Waals surface area contributed by atoms with Gasteiger partial charge in [0.25, 0.3) is 0 Å². The van der Waals surface area contributed by atoms with Crippen molar-refractivity contribution in [1.29, 1.82) is 0 Å². The number of hydrogen-bond donors (Lipinski definition) is 0. The van der Waals surface area contributed by atoms with Crippen LogP contribution in [0.3, 0.4) is 0 Å². The van der Waals surface area contributed by atoms with Crippen LogP contribution in [0.4, 0.5) is 0 Å². The van der Waals surface area contributed by atoms with Crippen LogP contribution < -0.4 is 0 Å². The zero-order chi connectivity index (χ0) is 13.1. The van der Waals surface area contributed by atoms with Crippen molar-refractivity contribution in [3.05, 3.63) is 23.3 Å². The number of allylic oxidation sites excluding steroid dienone is 3. The normalized spacial score (nSPS) is 26.6. The van der Waals surface area contributed by atoms with Gasteiger partial charge in [0.15, 0.2) is 0 Å². The molecule has 98 valence electrons. The van der Waals surface area contributed by atoms with E-state index < -0.39 is 11.9 Å². The number of carbonyl (C=O) groups is 2. The third-order valence-electron chi connectivity index (χ3n) is 3.80. The molecule has 0 bridgehead atoms. The van der Waals surface area contributed by atoms with Gasteiger partial charge in [0.05, 0.1) is 25.7 Å². The highest BCUT2D eigenvalue weighted by molar-refractivity contribution is 5.96. The lowest BCUT2D eigenvalue weighted by molar-refractivity contribution is -0.149. The van der Waals surface area contributed by atoms with Crippen molar-refractivity contribution in [3.8, 4) is 0 Å². The summed E-state index contributed by atoms with van der Waals surface area (Å²) in [5, 5.41) is 0. The second-order valence-corrected chi connectivity index (χ2v) is 4.71. The summed E-state index contributed by atoms with van der Waals surface area (Å²) in [6, 6.07) is 0. The predicted molar refractivity (Wildman–Crippen MR) is 65.6 cm³/mol. The summed E-state index contributed by atoms with van der Waals surface area (Å²) in [4.78, 5) is 23.7. The van der Waals surface area contributed by atoms with E-state index in [9.17, 15) is 9.59 Å². The monoisotopic (exact) mass is 250 g/mol. The smallest absolute Gasteiger partial charge is 0.334 e. The van der Waals surface area contributed by atoms with Crippen molar-refractivity contribution in [2.24, 2.45) is 11.8 Å². The molecule has 0 aromatic carbocycles. The first kappa shape index (κ1) is 12.9. The Balaban J connectivity index is 2.36. The second kappa shape index (κ2) is 5.38. The van der Waals surface area contributed by atoms with E-state index in [-0.39, 0.29) is 11.9 Å². The molecule has 2 aliphatic carbocycles. The molecule has 0 unspecified atom stereocenters. The van der Waals surface area contributed by atoms with Crippen molar-refractivity contribution in [2.45, 2.75) is 25.7 Å². The summed E-state index contributed by atoms with van der Waals surface area (Å²) >= 11 is 0. The van der Waals surface area contributed by atoms with Gasteiger partial charge in [-0.15, -0.1) is 0 Å². The van der Waals surface area contributed by atoms with Gasteiger partial charge in [-0.25, -0.2) is 4.79 Å². The van der Waals surface area contributed by atoms with E-state index in [1.54, 1.807) is 6.08 Å². The molecule has 18 heavy (non-hydrogen) atoms. The summed E-state index contributed by atoms with van der Waals surface area (Å²) in [7, 11) is 2.69. The minimum atomic E-state index is -0.497. The van der Waals surface area contributed by atoms with Gasteiger partial charge in [0, 0.05) is 0 Å². The van der Waals surface area contributed by atoms with E-state index in [1.807, 2.05) is 6.08 Å². The number of carbonyl (C=O) groups excluding carboxylic acids is 2. The Morgan fingerprint density at radius 1 is 1.17 bits per heavy atom. The van der Waals surface area contributed by atoms with Crippen LogP contribution in [0.1, 0.15) is 25.7 Å². The van der Waals surface area contributed by atoms with Gasteiger partial charge in [-0.2, -0.15) is 0 Å². The highest BCUT2D eigenvalue weighted by Crippen LogP contribution is 2.41. The fraction of sp³-hybridized carbons (Fsp3) is 0.571. The van der Waals surface area contributed by atoms with Gasteiger partial charge in [-0.1, -0.05) is 24.1 Å². The molecule has 2 atom stereocenters. The van der Waals surface area contributed by atoms with Crippen LogP contribution in [0.5, 0.6) is 0 Å². The molecule has 0 N–H and O–H groups in total. The van der Waals surface area contributed by atoms with E-state index >= 15 is 0 Å². The van der Waals surface area contributed by atoms with Gasteiger partial charge in [0.1, 0.15) is 0 Å². The van der Waals surface area contributed by atoms with Gasteiger partial charge in [-0.05, 0) is 25.2 Å². The largest absolute Gasteiger partial charge is 0.469 e. The minimum absolute atomic E-state index is 0.102. The third kappa shape index (κ3) is 2.19. The molecule has 1 fully saturated rings. The van der Waals surface area contributed by atoms with Crippen molar-refractivity contribution in [3.63, 3.8) is 0 Å². The topological polar surface area (TPSA) is 52.6 Å². The quantitative estimate of drug-likeness (QED) is 0.703. The molecule has 0 saturated heterocycles. The maximum Gasteiger partial charge on any atom is 0.334 e. The van der Waals surface area contributed by atoms with Crippen molar-refractivity contribution in [2.75, 3.05) is 14.2 Å². The predicted octanol–water partition coefficient (Wildman–Crippen LogP) is 2.01. The first-order chi connectivity index (χ1) is 8.69. The van der Waals surface area contributed by atoms with E-state index in [0.29, 0.717) is 5.57 Å². The van der Waals surface area contributed by atoms with Crippen LogP contribution >= 0.6 is 0 Å². The van der Waals surface area contributed by atoms with Gasteiger partial charge >= 0.3 is 11.9 Å². The third-order valence-corrected chi connectivity index (χ3v) is 3.80. The number of rotatable bonds is 2. The van der Waals surface area contributed by atoms with Gasteiger partial charge in [-0.3, -0.25) is 4.79 Å². The van der Waals surface area contributed by atoms with E-state index in [4.69, 9.17) is 9.47 Å². The average molecular weight is 250 g/mol. The summed E-state index contributed by atoms with van der Waals surface area (Å²) in [5.74, 6) is -1.18. The van der Waals surface area contributed by atoms with Crippen LogP contribution in [-0.4, -0.2) is 26.2 Å². The van der Waals surface area contributed by atoms with E-state index in [0.717, 1.165) is 25.7 Å². The fourth-order valence-electron chi connectivity index (χ4n) is 2.90. The highest BCUT2D eigenvalue weighted by atomic mass is 16.5. The van der Waals surface area contributed by atoms with Crippen molar-refractivity contribution < 1.29 is 19.1 Å². The summed E-state index contributed by atoms with van der Waals surface area (Å²) in [6.45, 7) is 0. The standard InChI is InChI=1S/C14H18O4/c1-17-13(15)11-8-7-9-5-3-4-6-10(9)12(11)14(16)18-2/h7-8,10,12H,3-6H2,1-2H3/t10-,12-/m0/s1. The first-order valence-corrected chi connectivity index (χ1v) is 6.25. The van der Waals surface area contributed by atoms with Crippen LogP contribution in [0, 0.1) is 11.8 Å². The van der Waals surface area contributed by atoms with E-state index in [1.165, 1.54) is 19.8 Å². The number of methoxy groups -OCH3 is 2. The lowest BCUT2D eigenvalue weighted by Gasteiger charge is -2.34. The van der Waals surface area contributed by atoms with Crippen molar-refractivity contribution >= 4 is 11.9 Å². The van der Waals surface area contributed by atoms with Gasteiger partial charge < -0.3 is 9.47 Å². The summed E-state index contributed by atoms with van der Waals surface area (Å²) < 4.78 is 9.60. The molecule has 0 amide bonds. The van der Waals surface area contributed by atoms with Crippen LogP contribution in [0.2, 0.25) is 0 Å². The molecule has 0 spiro atoms. The Hall–Kier alpha value is -1.58. The van der Waals surface area contributed by atoms with E-state index in [2.05, 4.69) is 0 Å². The first-order valence-electron chi connectivity index (χ1n) is 6.25. The number of hydrogen-bond acceptors (Lipinski definition) is 4. The Kier molecular flexibility index (Phi) is 3.84. The van der Waals surface area contributed by atoms with Crippen LogP contribution in [0.25, 0.3) is 0 Å². The zero-order valence-electron chi connectivity index (χ0n) is 10.8. The Morgan fingerprint density at radius 2 is 1.94 bits per heavy atom. The molecule has 4 heteroatoms. The lowest BCUT2D eigenvalue weighted by atomic mass is 9.70. The molecule has 2 aliphatic rings.